The summed E-state index contributed by atoms with van der Waals surface area (Å²) in [5.41, 5.74) is 0. The molecule has 0 unspecified atom stereocenters. The van der Waals surface area contributed by atoms with Crippen molar-refractivity contribution in [1.29, 1.82) is 0 Å². The van der Waals surface area contributed by atoms with Crippen LogP contribution in [0.2, 0.25) is 0 Å². The van der Waals surface area contributed by atoms with Crippen molar-refractivity contribution in [2.75, 3.05) is 39.9 Å². The summed E-state index contributed by atoms with van der Waals surface area (Å²) in [4.78, 5) is 11.8. The summed E-state index contributed by atoms with van der Waals surface area (Å²) >= 11 is 0. The van der Waals surface area contributed by atoms with Crippen LogP contribution in [-0.4, -0.2) is 50.2 Å². The Kier molecular flexibility index (Phi) is 3.42. The number of morpholine rings is 1. The number of ether oxygens (including phenoxy) is 1. The van der Waals surface area contributed by atoms with Crippen LogP contribution in [0.3, 0.4) is 0 Å². The van der Waals surface area contributed by atoms with Gasteiger partial charge in [-0.15, -0.1) is 0 Å². The molecule has 2 rings (SSSR count). The average molecular weight is 212 g/mol. The molecule has 0 spiro atoms. The van der Waals surface area contributed by atoms with Gasteiger partial charge in [0.1, 0.15) is 18.9 Å². The van der Waals surface area contributed by atoms with Crippen LogP contribution in [0.1, 0.15) is 25.7 Å². The molecule has 1 aliphatic carbocycles. The monoisotopic (exact) mass is 212 g/mol. The van der Waals surface area contributed by atoms with E-state index < -0.39 is 0 Å². The highest BCUT2D eigenvalue weighted by molar-refractivity contribution is 5.81. The van der Waals surface area contributed by atoms with Gasteiger partial charge in [0, 0.05) is 6.42 Å². The molecular weight excluding hydrogens is 190 g/mol. The Hall–Kier alpha value is -0.410. The summed E-state index contributed by atoms with van der Waals surface area (Å²) in [6.45, 7) is 4.91. The fourth-order valence-corrected chi connectivity index (χ4v) is 2.75. The highest BCUT2D eigenvalue weighted by atomic mass is 16.5. The van der Waals surface area contributed by atoms with E-state index in [2.05, 4.69) is 7.05 Å². The number of nitrogens with zero attached hydrogens (tertiary/aromatic N) is 1. The van der Waals surface area contributed by atoms with Crippen molar-refractivity contribution in [1.82, 2.24) is 0 Å². The number of quaternary nitrogens is 1. The molecule has 0 aromatic carbocycles. The number of rotatable bonds is 2. The molecule has 1 saturated carbocycles. The number of likely N-dealkylation sites (N-methyl/N-ethyl adjacent to an activating group) is 1. The van der Waals surface area contributed by atoms with E-state index in [-0.39, 0.29) is 0 Å². The van der Waals surface area contributed by atoms with Gasteiger partial charge in [-0.25, -0.2) is 0 Å². The van der Waals surface area contributed by atoms with Gasteiger partial charge in [-0.2, -0.15) is 0 Å². The normalized spacial score (nSPS) is 31.5. The van der Waals surface area contributed by atoms with Gasteiger partial charge in [-0.05, 0) is 12.8 Å². The lowest BCUT2D eigenvalue weighted by Crippen LogP contribution is -2.55. The number of carbonyl (C=O) groups is 1. The molecule has 86 valence electrons. The van der Waals surface area contributed by atoms with E-state index in [0.717, 1.165) is 56.6 Å². The zero-order valence-electron chi connectivity index (χ0n) is 9.71. The van der Waals surface area contributed by atoms with Gasteiger partial charge in [-0.1, -0.05) is 6.42 Å². The van der Waals surface area contributed by atoms with Gasteiger partial charge in [0.05, 0.1) is 32.7 Å². The second-order valence-corrected chi connectivity index (χ2v) is 5.27. The lowest BCUT2D eigenvalue weighted by molar-refractivity contribution is -0.919. The maximum absolute atomic E-state index is 11.8. The molecule has 0 bridgehead atoms. The van der Waals surface area contributed by atoms with Gasteiger partial charge in [0.15, 0.2) is 0 Å². The minimum absolute atomic E-state index is 0.335. The van der Waals surface area contributed by atoms with Crippen LogP contribution in [-0.2, 0) is 9.53 Å². The van der Waals surface area contributed by atoms with Crippen molar-refractivity contribution >= 4 is 5.78 Å². The van der Waals surface area contributed by atoms with Crippen LogP contribution in [0.4, 0.5) is 0 Å². The Morgan fingerprint density at radius 3 is 2.73 bits per heavy atom. The zero-order valence-corrected chi connectivity index (χ0v) is 9.71. The van der Waals surface area contributed by atoms with Crippen molar-refractivity contribution in [3.8, 4) is 0 Å². The molecule has 2 fully saturated rings. The maximum Gasteiger partial charge on any atom is 0.141 e. The lowest BCUT2D eigenvalue weighted by Gasteiger charge is -2.40. The topological polar surface area (TPSA) is 26.3 Å². The second kappa shape index (κ2) is 4.62. The molecule has 1 atom stereocenters. The Bertz CT molecular complexity index is 234. The summed E-state index contributed by atoms with van der Waals surface area (Å²) in [7, 11) is 2.27. The molecule has 2 aliphatic rings. The zero-order chi connectivity index (χ0) is 10.7. The van der Waals surface area contributed by atoms with Crippen molar-refractivity contribution in [2.24, 2.45) is 5.92 Å². The number of ketones is 1. The average Bonchev–Trinajstić information content (AvgIpc) is 2.22. The fraction of sp³-hybridized carbons (Fsp3) is 0.917. The minimum atomic E-state index is 0.335. The van der Waals surface area contributed by atoms with E-state index in [1.807, 2.05) is 0 Å². The number of hydrogen-bond acceptors (Lipinski definition) is 2. The van der Waals surface area contributed by atoms with E-state index in [9.17, 15) is 4.79 Å². The SMILES string of the molecule is C[N+]1(C[C@H]2CCCCC2=O)CCOCC1. The number of hydrogen-bond donors (Lipinski definition) is 0. The van der Waals surface area contributed by atoms with Crippen LogP contribution in [0, 0.1) is 5.92 Å². The summed E-state index contributed by atoms with van der Waals surface area (Å²) in [6.07, 6.45) is 4.30. The van der Waals surface area contributed by atoms with E-state index in [1.165, 1.54) is 6.42 Å². The molecule has 0 N–H and O–H groups in total. The quantitative estimate of drug-likeness (QED) is 0.643. The van der Waals surface area contributed by atoms with E-state index in [1.54, 1.807) is 0 Å². The van der Waals surface area contributed by atoms with Crippen LogP contribution in [0.25, 0.3) is 0 Å². The summed E-state index contributed by atoms with van der Waals surface area (Å²) in [5, 5.41) is 0. The molecular formula is C12H22NO2+. The molecule has 1 saturated heterocycles. The number of Topliss-reactive ketones (excluding diaryl/α,β-unsaturated/α-hetero) is 1. The molecule has 1 heterocycles. The largest absolute Gasteiger partial charge is 0.370 e. The van der Waals surface area contributed by atoms with E-state index in [4.69, 9.17) is 4.74 Å². The van der Waals surface area contributed by atoms with Gasteiger partial charge in [0.25, 0.3) is 0 Å². The molecule has 0 radical (unpaired) electrons. The second-order valence-electron chi connectivity index (χ2n) is 5.27. The molecule has 0 aromatic heterocycles. The van der Waals surface area contributed by atoms with Gasteiger partial charge >= 0.3 is 0 Å². The summed E-state index contributed by atoms with van der Waals surface area (Å²) in [5.74, 6) is 0.842. The van der Waals surface area contributed by atoms with Gasteiger partial charge < -0.3 is 9.22 Å². The summed E-state index contributed by atoms with van der Waals surface area (Å²) < 4.78 is 6.42. The van der Waals surface area contributed by atoms with Crippen LogP contribution >= 0.6 is 0 Å². The third-order valence-electron chi connectivity index (χ3n) is 3.89. The minimum Gasteiger partial charge on any atom is -0.370 e. The number of carbonyl (C=O) groups excluding carboxylic acids is 1. The molecule has 1 aliphatic heterocycles. The highest BCUT2D eigenvalue weighted by Gasteiger charge is 2.33. The van der Waals surface area contributed by atoms with E-state index in [0.29, 0.717) is 11.7 Å². The van der Waals surface area contributed by atoms with Gasteiger partial charge in [0.2, 0.25) is 0 Å². The standard InChI is InChI=1S/C12H22NO2/c1-13(6-8-15-9-7-13)10-11-4-2-3-5-12(11)14/h11H,2-10H2,1H3/q+1/t11-/m1/s1. The van der Waals surface area contributed by atoms with Crippen molar-refractivity contribution in [3.63, 3.8) is 0 Å². The molecule has 3 heteroatoms. The molecule has 15 heavy (non-hydrogen) atoms. The highest BCUT2D eigenvalue weighted by Crippen LogP contribution is 2.24. The van der Waals surface area contributed by atoms with Crippen molar-refractivity contribution in [2.45, 2.75) is 25.7 Å². The van der Waals surface area contributed by atoms with Crippen LogP contribution in [0.15, 0.2) is 0 Å². The van der Waals surface area contributed by atoms with Crippen LogP contribution < -0.4 is 0 Å². The third kappa shape index (κ3) is 2.79. The Balaban J connectivity index is 1.91. The lowest BCUT2D eigenvalue weighted by atomic mass is 9.87. The maximum atomic E-state index is 11.8. The first-order valence-corrected chi connectivity index (χ1v) is 6.14. The summed E-state index contributed by atoms with van der Waals surface area (Å²) in [6, 6.07) is 0. The van der Waals surface area contributed by atoms with Crippen molar-refractivity contribution in [3.05, 3.63) is 0 Å². The third-order valence-corrected chi connectivity index (χ3v) is 3.89. The van der Waals surface area contributed by atoms with Gasteiger partial charge in [-0.3, -0.25) is 4.79 Å². The Labute approximate surface area is 92.0 Å². The molecule has 3 nitrogen and oxygen atoms in total. The Morgan fingerprint density at radius 1 is 1.33 bits per heavy atom. The predicted molar refractivity (Wildman–Crippen MR) is 58.6 cm³/mol. The fourth-order valence-electron chi connectivity index (χ4n) is 2.75. The molecule has 0 amide bonds. The first-order valence-electron chi connectivity index (χ1n) is 6.14. The smallest absolute Gasteiger partial charge is 0.141 e. The first-order chi connectivity index (χ1) is 7.20. The molecule has 0 aromatic rings. The van der Waals surface area contributed by atoms with Crippen LogP contribution in [0.5, 0.6) is 0 Å². The predicted octanol–water partition coefficient (Wildman–Crippen LogP) is 1.22. The van der Waals surface area contributed by atoms with Crippen molar-refractivity contribution < 1.29 is 14.0 Å². The first kappa shape index (κ1) is 11.1. The Morgan fingerprint density at radius 2 is 2.07 bits per heavy atom. The van der Waals surface area contributed by atoms with E-state index >= 15 is 0 Å².